The molecule has 0 aliphatic carbocycles. The predicted molar refractivity (Wildman–Crippen MR) is 79.7 cm³/mol. The summed E-state index contributed by atoms with van der Waals surface area (Å²) in [4.78, 5) is 0. The zero-order valence-corrected chi connectivity index (χ0v) is 10.3. The summed E-state index contributed by atoms with van der Waals surface area (Å²) in [6.07, 6.45) is 6.88. The van der Waals surface area contributed by atoms with Crippen molar-refractivity contribution < 1.29 is 5.11 Å². The maximum atomic E-state index is 9.50. The van der Waals surface area contributed by atoms with E-state index in [4.69, 9.17) is 0 Å². The largest absolute Gasteiger partial charge is 0.507 e. The van der Waals surface area contributed by atoms with Gasteiger partial charge >= 0.3 is 0 Å². The van der Waals surface area contributed by atoms with Crippen molar-refractivity contribution in [2.45, 2.75) is 0 Å². The molecule has 0 unspecified atom stereocenters. The molecule has 2 rings (SSSR count). The highest BCUT2D eigenvalue weighted by Crippen LogP contribution is 2.12. The Morgan fingerprint density at radius 1 is 0.842 bits per heavy atom. The molecular weight excluding hydrogens is 236 g/mol. The zero-order chi connectivity index (χ0) is 13.3. The standard InChI is InChI=1S/C16H14N2O/c19-16-11-5-4-10-15(16)13-18-17-12-6-9-14-7-2-1-3-8-14/h1-13,19H/b9-6+,17-12+,18-13+. The van der Waals surface area contributed by atoms with Crippen LogP contribution in [-0.4, -0.2) is 17.5 Å². The highest BCUT2D eigenvalue weighted by atomic mass is 16.3. The number of benzene rings is 2. The van der Waals surface area contributed by atoms with Crippen LogP contribution in [0.5, 0.6) is 5.75 Å². The van der Waals surface area contributed by atoms with Crippen molar-refractivity contribution in [2.75, 3.05) is 0 Å². The summed E-state index contributed by atoms with van der Waals surface area (Å²) >= 11 is 0. The van der Waals surface area contributed by atoms with Crippen molar-refractivity contribution in [3.8, 4) is 5.75 Å². The molecule has 2 aromatic carbocycles. The fourth-order valence-corrected chi connectivity index (χ4v) is 1.49. The Morgan fingerprint density at radius 2 is 1.58 bits per heavy atom. The van der Waals surface area contributed by atoms with E-state index < -0.39 is 0 Å². The van der Waals surface area contributed by atoms with Gasteiger partial charge < -0.3 is 5.11 Å². The van der Waals surface area contributed by atoms with Gasteiger partial charge in [-0.05, 0) is 23.8 Å². The summed E-state index contributed by atoms with van der Waals surface area (Å²) in [5.41, 5.74) is 1.75. The van der Waals surface area contributed by atoms with E-state index in [0.29, 0.717) is 5.56 Å². The average Bonchev–Trinajstić information content (AvgIpc) is 2.45. The molecule has 2 aromatic rings. The highest BCUT2D eigenvalue weighted by molar-refractivity contribution is 5.84. The number of nitrogens with zero attached hydrogens (tertiary/aromatic N) is 2. The Balaban J connectivity index is 1.91. The monoisotopic (exact) mass is 250 g/mol. The Bertz CT molecular complexity index is 601. The minimum Gasteiger partial charge on any atom is -0.507 e. The van der Waals surface area contributed by atoms with Gasteiger partial charge in [0.2, 0.25) is 0 Å². The first-order chi connectivity index (χ1) is 9.36. The van der Waals surface area contributed by atoms with Gasteiger partial charge in [-0.2, -0.15) is 10.2 Å². The topological polar surface area (TPSA) is 45.0 Å². The molecular formula is C16H14N2O. The van der Waals surface area contributed by atoms with Crippen LogP contribution in [0, 0.1) is 0 Å². The summed E-state index contributed by atoms with van der Waals surface area (Å²) in [6, 6.07) is 16.9. The van der Waals surface area contributed by atoms with Crippen LogP contribution in [0.15, 0.2) is 70.9 Å². The van der Waals surface area contributed by atoms with Crippen LogP contribution in [0.2, 0.25) is 0 Å². The first-order valence-electron chi connectivity index (χ1n) is 5.92. The lowest BCUT2D eigenvalue weighted by Crippen LogP contribution is -1.80. The van der Waals surface area contributed by atoms with Crippen LogP contribution in [0.3, 0.4) is 0 Å². The average molecular weight is 250 g/mol. The van der Waals surface area contributed by atoms with Gasteiger partial charge in [0, 0.05) is 11.8 Å². The van der Waals surface area contributed by atoms with E-state index >= 15 is 0 Å². The van der Waals surface area contributed by atoms with Crippen molar-refractivity contribution in [3.05, 3.63) is 71.8 Å². The summed E-state index contributed by atoms with van der Waals surface area (Å²) < 4.78 is 0. The molecule has 0 aromatic heterocycles. The summed E-state index contributed by atoms with van der Waals surface area (Å²) in [7, 11) is 0. The van der Waals surface area contributed by atoms with Gasteiger partial charge in [0.15, 0.2) is 0 Å². The lowest BCUT2D eigenvalue weighted by molar-refractivity contribution is 0.474. The van der Waals surface area contributed by atoms with Gasteiger partial charge in [0.1, 0.15) is 5.75 Å². The number of rotatable bonds is 4. The lowest BCUT2D eigenvalue weighted by atomic mass is 10.2. The SMILES string of the molecule is Oc1ccccc1/C=N/N=C/C=C/c1ccccc1. The molecule has 0 saturated carbocycles. The molecule has 19 heavy (non-hydrogen) atoms. The molecule has 0 amide bonds. The van der Waals surface area contributed by atoms with Gasteiger partial charge in [-0.1, -0.05) is 48.5 Å². The second-order valence-corrected chi connectivity index (χ2v) is 3.84. The molecule has 0 spiro atoms. The van der Waals surface area contributed by atoms with E-state index in [2.05, 4.69) is 10.2 Å². The van der Waals surface area contributed by atoms with Crippen molar-refractivity contribution >= 4 is 18.5 Å². The minimum absolute atomic E-state index is 0.196. The van der Waals surface area contributed by atoms with E-state index in [1.54, 1.807) is 24.4 Å². The van der Waals surface area contributed by atoms with Crippen molar-refractivity contribution in [2.24, 2.45) is 10.2 Å². The van der Waals surface area contributed by atoms with E-state index in [0.717, 1.165) is 5.56 Å². The van der Waals surface area contributed by atoms with Crippen LogP contribution in [-0.2, 0) is 0 Å². The molecule has 0 aliphatic rings. The maximum Gasteiger partial charge on any atom is 0.124 e. The van der Waals surface area contributed by atoms with Crippen LogP contribution >= 0.6 is 0 Å². The first-order valence-corrected chi connectivity index (χ1v) is 5.92. The second-order valence-electron chi connectivity index (χ2n) is 3.84. The fraction of sp³-hybridized carbons (Fsp3) is 0. The van der Waals surface area contributed by atoms with E-state index in [1.807, 2.05) is 48.6 Å². The van der Waals surface area contributed by atoms with Crippen molar-refractivity contribution in [1.82, 2.24) is 0 Å². The van der Waals surface area contributed by atoms with Gasteiger partial charge in [-0.25, -0.2) is 0 Å². The Morgan fingerprint density at radius 3 is 2.37 bits per heavy atom. The molecule has 0 radical (unpaired) electrons. The normalized spacial score (nSPS) is 11.8. The van der Waals surface area contributed by atoms with E-state index in [-0.39, 0.29) is 5.75 Å². The Hall–Kier alpha value is -2.68. The van der Waals surface area contributed by atoms with E-state index in [9.17, 15) is 5.11 Å². The number of phenolic OH excluding ortho intramolecular Hbond substituents is 1. The lowest BCUT2D eigenvalue weighted by Gasteiger charge is -1.94. The van der Waals surface area contributed by atoms with Gasteiger partial charge in [-0.3, -0.25) is 0 Å². The fourth-order valence-electron chi connectivity index (χ4n) is 1.49. The second kappa shape index (κ2) is 6.91. The quantitative estimate of drug-likeness (QED) is 0.655. The maximum absolute atomic E-state index is 9.50. The molecule has 0 heterocycles. The van der Waals surface area contributed by atoms with Crippen LogP contribution in [0.4, 0.5) is 0 Å². The molecule has 94 valence electrons. The van der Waals surface area contributed by atoms with Crippen molar-refractivity contribution in [1.29, 1.82) is 0 Å². The molecule has 0 aliphatic heterocycles. The summed E-state index contributed by atoms with van der Waals surface area (Å²) in [6.45, 7) is 0. The van der Waals surface area contributed by atoms with Crippen LogP contribution in [0.1, 0.15) is 11.1 Å². The predicted octanol–water partition coefficient (Wildman–Crippen LogP) is 3.51. The molecule has 0 saturated heterocycles. The number of hydrogen-bond donors (Lipinski definition) is 1. The van der Waals surface area contributed by atoms with Gasteiger partial charge in [-0.15, -0.1) is 0 Å². The zero-order valence-electron chi connectivity index (χ0n) is 10.3. The Kier molecular flexibility index (Phi) is 4.64. The van der Waals surface area contributed by atoms with Crippen molar-refractivity contribution in [3.63, 3.8) is 0 Å². The molecule has 0 atom stereocenters. The highest BCUT2D eigenvalue weighted by Gasteiger charge is 1.93. The smallest absolute Gasteiger partial charge is 0.124 e. The number of allylic oxidation sites excluding steroid dienone is 1. The van der Waals surface area contributed by atoms with Gasteiger partial charge in [0.05, 0.1) is 6.21 Å². The third kappa shape index (κ3) is 4.24. The molecule has 0 fully saturated rings. The molecule has 1 N–H and O–H groups in total. The van der Waals surface area contributed by atoms with Crippen LogP contribution in [0.25, 0.3) is 6.08 Å². The van der Waals surface area contributed by atoms with Crippen LogP contribution < -0.4 is 0 Å². The Labute approximate surface area is 112 Å². The van der Waals surface area contributed by atoms with E-state index in [1.165, 1.54) is 6.21 Å². The molecule has 3 heteroatoms. The number of para-hydroxylation sites is 1. The number of hydrogen-bond acceptors (Lipinski definition) is 3. The third-order valence-corrected chi connectivity index (χ3v) is 2.44. The number of phenols is 1. The third-order valence-electron chi connectivity index (χ3n) is 2.44. The minimum atomic E-state index is 0.196. The number of aromatic hydroxyl groups is 1. The summed E-state index contributed by atoms with van der Waals surface area (Å²) in [5, 5.41) is 17.2. The summed E-state index contributed by atoms with van der Waals surface area (Å²) in [5.74, 6) is 0.196. The van der Waals surface area contributed by atoms with Gasteiger partial charge in [0.25, 0.3) is 0 Å². The molecule has 0 bridgehead atoms. The molecule has 3 nitrogen and oxygen atoms in total. The first kappa shape index (κ1) is 12.8.